The summed E-state index contributed by atoms with van der Waals surface area (Å²) < 4.78 is 41.5. The van der Waals surface area contributed by atoms with Crippen molar-refractivity contribution in [2.75, 3.05) is 13.1 Å². The van der Waals surface area contributed by atoms with Gasteiger partial charge in [0, 0.05) is 24.7 Å². The number of carbonyl (C=O) groups excluding carboxylic acids is 1. The minimum atomic E-state index is -4.62. The summed E-state index contributed by atoms with van der Waals surface area (Å²) in [6, 6.07) is 9.37. The van der Waals surface area contributed by atoms with E-state index < -0.39 is 11.9 Å². The van der Waals surface area contributed by atoms with Gasteiger partial charge in [0.15, 0.2) is 17.0 Å². The van der Waals surface area contributed by atoms with E-state index in [1.54, 1.807) is 17.0 Å². The van der Waals surface area contributed by atoms with Gasteiger partial charge in [0.2, 0.25) is 0 Å². The quantitative estimate of drug-likeness (QED) is 0.682. The predicted octanol–water partition coefficient (Wildman–Crippen LogP) is 3.96. The molecule has 0 radical (unpaired) electrons. The molecule has 1 saturated heterocycles. The third kappa shape index (κ3) is 3.27. The van der Waals surface area contributed by atoms with E-state index >= 15 is 0 Å². The first-order valence-electron chi connectivity index (χ1n) is 8.67. The van der Waals surface area contributed by atoms with Crippen molar-refractivity contribution in [3.8, 4) is 11.3 Å². The minimum absolute atomic E-state index is 0.00273. The molecular weight excluding hydrogens is 357 g/mol. The van der Waals surface area contributed by atoms with Gasteiger partial charge in [-0.3, -0.25) is 4.79 Å². The highest BCUT2D eigenvalue weighted by atomic mass is 19.4. The minimum Gasteiger partial charge on any atom is -0.337 e. The number of fused-ring (bicyclic) bond motifs is 1. The van der Waals surface area contributed by atoms with Crippen LogP contribution in [-0.4, -0.2) is 38.5 Å². The van der Waals surface area contributed by atoms with E-state index in [4.69, 9.17) is 0 Å². The number of hydrogen-bond donors (Lipinski definition) is 0. The molecule has 1 aromatic carbocycles. The molecule has 0 spiro atoms. The molecule has 140 valence electrons. The maximum Gasteiger partial charge on any atom is 0.433 e. The fraction of sp³-hybridized carbons (Fsp3) is 0.316. The second kappa shape index (κ2) is 6.37. The summed E-state index contributed by atoms with van der Waals surface area (Å²) >= 11 is 0. The van der Waals surface area contributed by atoms with E-state index in [0.29, 0.717) is 23.2 Å². The van der Waals surface area contributed by atoms with Gasteiger partial charge in [-0.15, -0.1) is 0 Å². The lowest BCUT2D eigenvalue weighted by atomic mass is 10.1. The van der Waals surface area contributed by atoms with Crippen molar-refractivity contribution >= 4 is 11.6 Å². The monoisotopic (exact) mass is 374 g/mol. The Balaban J connectivity index is 1.85. The van der Waals surface area contributed by atoms with Crippen molar-refractivity contribution in [2.45, 2.75) is 25.9 Å². The van der Waals surface area contributed by atoms with Crippen LogP contribution < -0.4 is 0 Å². The average Bonchev–Trinajstić information content (AvgIpc) is 3.29. The van der Waals surface area contributed by atoms with Crippen molar-refractivity contribution in [3.05, 3.63) is 53.3 Å². The van der Waals surface area contributed by atoms with Crippen molar-refractivity contribution < 1.29 is 18.0 Å². The van der Waals surface area contributed by atoms with Gasteiger partial charge in [-0.25, -0.2) is 9.50 Å². The second-order valence-electron chi connectivity index (χ2n) is 6.69. The van der Waals surface area contributed by atoms with E-state index in [0.717, 1.165) is 24.5 Å². The van der Waals surface area contributed by atoms with Crippen LogP contribution in [0.5, 0.6) is 0 Å². The Morgan fingerprint density at radius 3 is 2.37 bits per heavy atom. The normalized spacial score (nSPS) is 14.9. The number of aryl methyl sites for hydroxylation is 1. The number of carbonyl (C=O) groups is 1. The Bertz CT molecular complexity index is 1000. The molecular formula is C19H17F3N4O. The van der Waals surface area contributed by atoms with Crippen molar-refractivity contribution in [3.63, 3.8) is 0 Å². The van der Waals surface area contributed by atoms with Gasteiger partial charge in [-0.2, -0.15) is 18.3 Å². The Kier molecular flexibility index (Phi) is 4.13. The third-order valence-corrected chi connectivity index (χ3v) is 4.68. The van der Waals surface area contributed by atoms with Crippen molar-refractivity contribution in [2.24, 2.45) is 0 Å². The van der Waals surface area contributed by atoms with Crippen LogP contribution >= 0.6 is 0 Å². The molecule has 0 atom stereocenters. The largest absolute Gasteiger partial charge is 0.433 e. The predicted molar refractivity (Wildman–Crippen MR) is 93.3 cm³/mol. The fourth-order valence-corrected chi connectivity index (χ4v) is 3.24. The number of benzene rings is 1. The molecule has 27 heavy (non-hydrogen) atoms. The number of nitrogens with zero attached hydrogens (tertiary/aromatic N) is 4. The zero-order valence-electron chi connectivity index (χ0n) is 14.6. The van der Waals surface area contributed by atoms with E-state index in [-0.39, 0.29) is 22.9 Å². The lowest BCUT2D eigenvalue weighted by molar-refractivity contribution is -0.142. The van der Waals surface area contributed by atoms with Crippen LogP contribution in [0, 0.1) is 6.92 Å². The first-order chi connectivity index (χ1) is 12.8. The van der Waals surface area contributed by atoms with Gasteiger partial charge in [0.25, 0.3) is 5.91 Å². The maximum atomic E-state index is 13.6. The summed E-state index contributed by atoms with van der Waals surface area (Å²) in [5.41, 5.74) is 0.790. The molecule has 3 aromatic rings. The van der Waals surface area contributed by atoms with Crippen molar-refractivity contribution in [1.29, 1.82) is 0 Å². The van der Waals surface area contributed by atoms with E-state index in [9.17, 15) is 18.0 Å². The average molecular weight is 374 g/mol. The molecule has 1 aliphatic heterocycles. The number of alkyl halides is 3. The SMILES string of the molecule is Cc1ccc(-c2cc(C(F)(F)F)n3nc(C(=O)N4CCCC4)cc3n2)cc1. The molecule has 5 nitrogen and oxygen atoms in total. The van der Waals surface area contributed by atoms with Gasteiger partial charge < -0.3 is 4.90 Å². The molecule has 4 rings (SSSR count). The Morgan fingerprint density at radius 1 is 1.07 bits per heavy atom. The van der Waals surface area contributed by atoms with Gasteiger partial charge in [0.05, 0.1) is 5.69 Å². The molecule has 0 N–H and O–H groups in total. The number of hydrogen-bond acceptors (Lipinski definition) is 3. The molecule has 0 unspecified atom stereocenters. The smallest absolute Gasteiger partial charge is 0.337 e. The Hall–Kier alpha value is -2.90. The zero-order chi connectivity index (χ0) is 19.2. The molecule has 3 heterocycles. The highest BCUT2D eigenvalue weighted by Crippen LogP contribution is 2.32. The number of halogens is 3. The zero-order valence-corrected chi connectivity index (χ0v) is 14.6. The second-order valence-corrected chi connectivity index (χ2v) is 6.69. The molecule has 0 aliphatic carbocycles. The molecule has 1 amide bonds. The number of amides is 1. The van der Waals surface area contributed by atoms with Crippen LogP contribution in [0.3, 0.4) is 0 Å². The number of aromatic nitrogens is 3. The fourth-order valence-electron chi connectivity index (χ4n) is 3.24. The summed E-state index contributed by atoms with van der Waals surface area (Å²) in [7, 11) is 0. The van der Waals surface area contributed by atoms with E-state index in [2.05, 4.69) is 10.1 Å². The van der Waals surface area contributed by atoms with E-state index in [1.807, 2.05) is 19.1 Å². The molecule has 1 aliphatic rings. The molecule has 0 bridgehead atoms. The number of rotatable bonds is 2. The summed E-state index contributed by atoms with van der Waals surface area (Å²) in [4.78, 5) is 18.4. The van der Waals surface area contributed by atoms with Crippen molar-refractivity contribution in [1.82, 2.24) is 19.5 Å². The first-order valence-corrected chi connectivity index (χ1v) is 8.67. The van der Waals surface area contributed by atoms with Gasteiger partial charge >= 0.3 is 6.18 Å². The Morgan fingerprint density at radius 2 is 1.74 bits per heavy atom. The third-order valence-electron chi connectivity index (χ3n) is 4.68. The molecule has 0 saturated carbocycles. The topological polar surface area (TPSA) is 50.5 Å². The summed E-state index contributed by atoms with van der Waals surface area (Å²) in [5.74, 6) is -0.358. The standard InChI is InChI=1S/C19H17F3N4O/c1-12-4-6-13(7-5-12)14-10-16(19(20,21)22)26-17(23-14)11-15(24-26)18(27)25-8-2-3-9-25/h4-7,10-11H,2-3,8-9H2,1H3. The van der Waals surface area contributed by atoms with Crippen LogP contribution in [0.25, 0.3) is 16.9 Å². The summed E-state index contributed by atoms with van der Waals surface area (Å²) in [5, 5.41) is 3.92. The van der Waals surface area contributed by atoms with Crippen LogP contribution in [-0.2, 0) is 6.18 Å². The van der Waals surface area contributed by atoms with E-state index in [1.165, 1.54) is 6.07 Å². The van der Waals surface area contributed by atoms with Crippen LogP contribution in [0.4, 0.5) is 13.2 Å². The van der Waals surface area contributed by atoms with Crippen LogP contribution in [0.2, 0.25) is 0 Å². The van der Waals surface area contributed by atoms with Gasteiger partial charge in [-0.05, 0) is 25.8 Å². The van der Waals surface area contributed by atoms with Crippen LogP contribution in [0.15, 0.2) is 36.4 Å². The lowest BCUT2D eigenvalue weighted by Gasteiger charge is -2.13. The maximum absolute atomic E-state index is 13.6. The highest BCUT2D eigenvalue weighted by molar-refractivity contribution is 5.93. The lowest BCUT2D eigenvalue weighted by Crippen LogP contribution is -2.28. The first kappa shape index (κ1) is 17.5. The molecule has 1 fully saturated rings. The Labute approximate surface area is 153 Å². The molecule has 8 heteroatoms. The summed E-state index contributed by atoms with van der Waals surface area (Å²) in [6.45, 7) is 3.09. The molecule has 2 aromatic heterocycles. The van der Waals surface area contributed by atoms with Gasteiger partial charge in [-0.1, -0.05) is 29.8 Å². The van der Waals surface area contributed by atoms with Crippen LogP contribution in [0.1, 0.15) is 34.6 Å². The summed E-state index contributed by atoms with van der Waals surface area (Å²) in [6.07, 6.45) is -2.84. The number of likely N-dealkylation sites (tertiary alicyclic amines) is 1. The highest BCUT2D eigenvalue weighted by Gasteiger charge is 2.36. The van der Waals surface area contributed by atoms with Gasteiger partial charge in [0.1, 0.15) is 0 Å².